The number of likely N-dealkylation sites (tertiary alicyclic amines) is 1. The number of halogens is 1. The summed E-state index contributed by atoms with van der Waals surface area (Å²) in [6.45, 7) is 4.05. The van der Waals surface area contributed by atoms with E-state index in [1.165, 1.54) is 36.4 Å². The number of nitrogens with zero attached hydrogens (tertiary/aromatic N) is 2. The van der Waals surface area contributed by atoms with Crippen LogP contribution in [0, 0.1) is 0 Å². The van der Waals surface area contributed by atoms with Gasteiger partial charge in [-0.1, -0.05) is 24.3 Å². The normalized spacial score (nSPS) is 15.7. The van der Waals surface area contributed by atoms with Gasteiger partial charge in [-0.15, -0.1) is 35.3 Å². The van der Waals surface area contributed by atoms with Crippen LogP contribution in [0.2, 0.25) is 0 Å². The Morgan fingerprint density at radius 3 is 2.64 bits per heavy atom. The van der Waals surface area contributed by atoms with E-state index in [0.717, 1.165) is 31.2 Å². The fraction of sp³-hybridized carbons (Fsp3) is 0.476. The summed E-state index contributed by atoms with van der Waals surface area (Å²) in [4.78, 5) is 8.40. The molecular weight excluding hydrogens is 483 g/mol. The van der Waals surface area contributed by atoms with Gasteiger partial charge in [-0.2, -0.15) is 0 Å². The summed E-state index contributed by atoms with van der Waals surface area (Å²) >= 11 is 1.84. The number of hydrogen-bond donors (Lipinski definition) is 2. The van der Waals surface area contributed by atoms with Gasteiger partial charge in [0.05, 0.1) is 13.2 Å². The zero-order chi connectivity index (χ0) is 18.9. The summed E-state index contributed by atoms with van der Waals surface area (Å²) in [6.07, 6.45) is 3.49. The highest BCUT2D eigenvalue weighted by molar-refractivity contribution is 14.0. The van der Waals surface area contributed by atoms with Gasteiger partial charge in [-0.3, -0.25) is 9.89 Å². The van der Waals surface area contributed by atoms with Gasteiger partial charge in [0.2, 0.25) is 0 Å². The van der Waals surface area contributed by atoms with E-state index in [9.17, 15) is 0 Å². The van der Waals surface area contributed by atoms with Crippen LogP contribution in [0.15, 0.2) is 46.8 Å². The van der Waals surface area contributed by atoms with Crippen LogP contribution in [-0.4, -0.2) is 51.2 Å². The number of guanidine groups is 1. The molecule has 1 fully saturated rings. The van der Waals surface area contributed by atoms with Crippen molar-refractivity contribution in [2.75, 3.05) is 40.3 Å². The van der Waals surface area contributed by atoms with E-state index >= 15 is 0 Å². The molecule has 1 saturated heterocycles. The van der Waals surface area contributed by atoms with Crippen LogP contribution < -0.4 is 15.4 Å². The SMILES string of the molecule is CN=C(NCCc1ccccc1OC)NCC(c1cccs1)N1CCCC1.I. The molecule has 1 aromatic heterocycles. The van der Waals surface area contributed by atoms with Crippen molar-refractivity contribution >= 4 is 41.3 Å². The van der Waals surface area contributed by atoms with Gasteiger partial charge in [0.15, 0.2) is 5.96 Å². The number of thiophene rings is 1. The summed E-state index contributed by atoms with van der Waals surface area (Å²) in [7, 11) is 3.55. The standard InChI is InChI=1S/C21H30N4OS.HI/c1-22-21(23-12-11-17-8-3-4-9-19(17)26-2)24-16-18(20-10-7-15-27-20)25-13-5-6-14-25;/h3-4,7-10,15,18H,5-6,11-14,16H2,1-2H3,(H2,22,23,24);1H. The average Bonchev–Trinajstić information content (AvgIpc) is 3.42. The summed E-state index contributed by atoms with van der Waals surface area (Å²) < 4.78 is 5.43. The molecule has 2 heterocycles. The van der Waals surface area contributed by atoms with E-state index in [2.05, 4.69) is 44.1 Å². The zero-order valence-corrected chi connectivity index (χ0v) is 19.8. The Hall–Kier alpha value is -1.32. The van der Waals surface area contributed by atoms with Crippen LogP contribution in [-0.2, 0) is 6.42 Å². The third kappa shape index (κ3) is 6.35. The molecule has 7 heteroatoms. The molecule has 0 bridgehead atoms. The Morgan fingerprint density at radius 1 is 1.18 bits per heavy atom. The van der Waals surface area contributed by atoms with Crippen LogP contribution in [0.1, 0.15) is 29.3 Å². The molecule has 0 radical (unpaired) electrons. The van der Waals surface area contributed by atoms with Crippen molar-refractivity contribution in [2.24, 2.45) is 4.99 Å². The molecule has 0 amide bonds. The molecule has 1 atom stereocenters. The first-order chi connectivity index (χ1) is 13.3. The smallest absolute Gasteiger partial charge is 0.191 e. The first kappa shape index (κ1) is 23.0. The molecule has 2 N–H and O–H groups in total. The number of aliphatic imine (C=N–C) groups is 1. The number of rotatable bonds is 8. The number of hydrogen-bond acceptors (Lipinski definition) is 4. The maximum absolute atomic E-state index is 5.43. The summed E-state index contributed by atoms with van der Waals surface area (Å²) in [5.41, 5.74) is 1.21. The molecule has 0 aliphatic carbocycles. The van der Waals surface area contributed by atoms with Crippen LogP contribution in [0.25, 0.3) is 0 Å². The minimum absolute atomic E-state index is 0. The van der Waals surface area contributed by atoms with E-state index in [0.29, 0.717) is 6.04 Å². The molecule has 0 spiro atoms. The predicted molar refractivity (Wildman–Crippen MR) is 129 cm³/mol. The molecule has 28 heavy (non-hydrogen) atoms. The van der Waals surface area contributed by atoms with Gasteiger partial charge in [0.25, 0.3) is 0 Å². The second-order valence-electron chi connectivity index (χ2n) is 6.72. The highest BCUT2D eigenvalue weighted by Crippen LogP contribution is 2.27. The van der Waals surface area contributed by atoms with Gasteiger partial charge in [0.1, 0.15) is 5.75 Å². The molecule has 154 valence electrons. The minimum Gasteiger partial charge on any atom is -0.496 e. The number of benzene rings is 1. The maximum atomic E-state index is 5.43. The van der Waals surface area contributed by atoms with E-state index in [1.807, 2.05) is 36.6 Å². The van der Waals surface area contributed by atoms with Crippen molar-refractivity contribution in [3.8, 4) is 5.75 Å². The van der Waals surface area contributed by atoms with Crippen LogP contribution in [0.3, 0.4) is 0 Å². The predicted octanol–water partition coefficient (Wildman–Crippen LogP) is 3.92. The third-order valence-electron chi connectivity index (χ3n) is 5.02. The van der Waals surface area contributed by atoms with Gasteiger partial charge in [-0.05, 0) is 55.4 Å². The molecule has 1 aromatic carbocycles. The van der Waals surface area contributed by atoms with E-state index in [1.54, 1.807) is 7.11 Å². The molecular formula is C21H31IN4OS. The lowest BCUT2D eigenvalue weighted by atomic mass is 10.1. The topological polar surface area (TPSA) is 48.9 Å². The van der Waals surface area contributed by atoms with Crippen LogP contribution >= 0.6 is 35.3 Å². The van der Waals surface area contributed by atoms with Gasteiger partial charge >= 0.3 is 0 Å². The van der Waals surface area contributed by atoms with E-state index in [4.69, 9.17) is 4.74 Å². The third-order valence-corrected chi connectivity index (χ3v) is 5.99. The lowest BCUT2D eigenvalue weighted by molar-refractivity contribution is 0.249. The average molecular weight is 514 g/mol. The second-order valence-corrected chi connectivity index (χ2v) is 7.70. The number of para-hydroxylation sites is 1. The fourth-order valence-corrected chi connectivity index (χ4v) is 4.44. The van der Waals surface area contributed by atoms with E-state index in [-0.39, 0.29) is 24.0 Å². The van der Waals surface area contributed by atoms with Gasteiger partial charge in [0, 0.05) is 25.0 Å². The molecule has 5 nitrogen and oxygen atoms in total. The van der Waals surface area contributed by atoms with Gasteiger partial charge in [-0.25, -0.2) is 0 Å². The molecule has 2 aromatic rings. The largest absolute Gasteiger partial charge is 0.496 e. The molecule has 1 unspecified atom stereocenters. The first-order valence-electron chi connectivity index (χ1n) is 9.65. The zero-order valence-electron chi connectivity index (χ0n) is 16.7. The van der Waals surface area contributed by atoms with Gasteiger partial charge < -0.3 is 15.4 Å². The Labute approximate surface area is 189 Å². The summed E-state index contributed by atoms with van der Waals surface area (Å²) in [5.74, 6) is 1.79. The lowest BCUT2D eigenvalue weighted by Gasteiger charge is -2.27. The lowest BCUT2D eigenvalue weighted by Crippen LogP contribution is -2.43. The van der Waals surface area contributed by atoms with Crippen molar-refractivity contribution in [3.63, 3.8) is 0 Å². The number of ether oxygens (including phenoxy) is 1. The van der Waals surface area contributed by atoms with Crippen LogP contribution in [0.5, 0.6) is 5.75 Å². The van der Waals surface area contributed by atoms with Crippen molar-refractivity contribution in [3.05, 3.63) is 52.2 Å². The van der Waals surface area contributed by atoms with Crippen molar-refractivity contribution in [2.45, 2.75) is 25.3 Å². The van der Waals surface area contributed by atoms with Crippen molar-refractivity contribution < 1.29 is 4.74 Å². The number of nitrogens with one attached hydrogen (secondary N) is 2. The fourth-order valence-electron chi connectivity index (χ4n) is 3.58. The molecule has 1 aliphatic rings. The summed E-state index contributed by atoms with van der Waals surface area (Å²) in [6, 6.07) is 13.0. The monoisotopic (exact) mass is 514 g/mol. The molecule has 0 saturated carbocycles. The number of methoxy groups -OCH3 is 1. The minimum atomic E-state index is 0. The Morgan fingerprint density at radius 2 is 1.96 bits per heavy atom. The van der Waals surface area contributed by atoms with Crippen molar-refractivity contribution in [1.29, 1.82) is 0 Å². The summed E-state index contributed by atoms with van der Waals surface area (Å²) in [5, 5.41) is 9.12. The highest BCUT2D eigenvalue weighted by atomic mass is 127. The highest BCUT2D eigenvalue weighted by Gasteiger charge is 2.24. The second kappa shape index (κ2) is 12.3. The van der Waals surface area contributed by atoms with E-state index < -0.39 is 0 Å². The Bertz CT molecular complexity index is 717. The Kier molecular flexibility index (Phi) is 10.1. The maximum Gasteiger partial charge on any atom is 0.191 e. The van der Waals surface area contributed by atoms with Crippen LogP contribution in [0.4, 0.5) is 0 Å². The molecule has 3 rings (SSSR count). The van der Waals surface area contributed by atoms with Crippen molar-refractivity contribution in [1.82, 2.24) is 15.5 Å². The molecule has 1 aliphatic heterocycles. The Balaban J connectivity index is 0.00000280. The quantitative estimate of drug-likeness (QED) is 0.319. The first-order valence-corrected chi connectivity index (χ1v) is 10.5.